The standard InChI is InChI=1S/C10H11BrClNO2/c1-13(2)10(14)6-4-7(11)9(12)8(5-6)15-3/h4-5H,1-3H3. The highest BCUT2D eigenvalue weighted by molar-refractivity contribution is 9.10. The van der Waals surface area contributed by atoms with Gasteiger partial charge >= 0.3 is 0 Å². The smallest absolute Gasteiger partial charge is 0.253 e. The Morgan fingerprint density at radius 1 is 1.47 bits per heavy atom. The van der Waals surface area contributed by atoms with E-state index in [0.29, 0.717) is 20.8 Å². The maximum Gasteiger partial charge on any atom is 0.253 e. The molecule has 0 saturated heterocycles. The predicted octanol–water partition coefficient (Wildman–Crippen LogP) is 2.81. The van der Waals surface area contributed by atoms with E-state index in [1.54, 1.807) is 26.2 Å². The van der Waals surface area contributed by atoms with E-state index in [2.05, 4.69) is 15.9 Å². The fourth-order valence-electron chi connectivity index (χ4n) is 1.09. The van der Waals surface area contributed by atoms with Gasteiger partial charge < -0.3 is 9.64 Å². The van der Waals surface area contributed by atoms with Crippen LogP contribution < -0.4 is 4.74 Å². The van der Waals surface area contributed by atoms with Crippen LogP contribution in [0.3, 0.4) is 0 Å². The molecule has 15 heavy (non-hydrogen) atoms. The molecule has 1 aromatic carbocycles. The Morgan fingerprint density at radius 3 is 2.53 bits per heavy atom. The summed E-state index contributed by atoms with van der Waals surface area (Å²) < 4.78 is 5.71. The van der Waals surface area contributed by atoms with E-state index in [-0.39, 0.29) is 5.91 Å². The van der Waals surface area contributed by atoms with Gasteiger partial charge in [-0.15, -0.1) is 0 Å². The molecule has 0 radical (unpaired) electrons. The fraction of sp³-hybridized carbons (Fsp3) is 0.300. The van der Waals surface area contributed by atoms with Crippen molar-refractivity contribution in [3.63, 3.8) is 0 Å². The normalized spacial score (nSPS) is 9.93. The van der Waals surface area contributed by atoms with Gasteiger partial charge in [-0.05, 0) is 28.1 Å². The Morgan fingerprint density at radius 2 is 2.07 bits per heavy atom. The van der Waals surface area contributed by atoms with Crippen molar-refractivity contribution in [3.8, 4) is 5.75 Å². The van der Waals surface area contributed by atoms with Crippen molar-refractivity contribution in [1.82, 2.24) is 4.90 Å². The van der Waals surface area contributed by atoms with Crippen LogP contribution in [0.2, 0.25) is 5.02 Å². The van der Waals surface area contributed by atoms with E-state index in [4.69, 9.17) is 16.3 Å². The third-order valence-electron chi connectivity index (χ3n) is 1.87. The van der Waals surface area contributed by atoms with Crippen molar-refractivity contribution in [2.45, 2.75) is 0 Å². The molecule has 0 aliphatic rings. The maximum absolute atomic E-state index is 11.7. The van der Waals surface area contributed by atoms with Crippen LogP contribution in [0.4, 0.5) is 0 Å². The van der Waals surface area contributed by atoms with Gasteiger partial charge in [0.2, 0.25) is 0 Å². The monoisotopic (exact) mass is 291 g/mol. The molecule has 1 rings (SSSR count). The number of amides is 1. The van der Waals surface area contributed by atoms with Gasteiger partial charge in [-0.2, -0.15) is 0 Å². The van der Waals surface area contributed by atoms with E-state index in [1.165, 1.54) is 12.0 Å². The second kappa shape index (κ2) is 4.86. The highest BCUT2D eigenvalue weighted by Gasteiger charge is 2.13. The molecule has 0 aromatic heterocycles. The number of hydrogen-bond donors (Lipinski definition) is 0. The van der Waals surface area contributed by atoms with Crippen LogP contribution in [0.15, 0.2) is 16.6 Å². The van der Waals surface area contributed by atoms with Crippen molar-refractivity contribution in [2.24, 2.45) is 0 Å². The first-order valence-corrected chi connectivity index (χ1v) is 5.39. The average Bonchev–Trinajstić information content (AvgIpc) is 2.20. The Balaban J connectivity index is 3.22. The molecule has 5 heteroatoms. The third-order valence-corrected chi connectivity index (χ3v) is 3.11. The summed E-state index contributed by atoms with van der Waals surface area (Å²) in [4.78, 5) is 13.2. The van der Waals surface area contributed by atoms with Gasteiger partial charge in [0.15, 0.2) is 0 Å². The lowest BCUT2D eigenvalue weighted by Crippen LogP contribution is -2.21. The first-order valence-electron chi connectivity index (χ1n) is 4.22. The number of methoxy groups -OCH3 is 1. The summed E-state index contributed by atoms with van der Waals surface area (Å²) in [6.45, 7) is 0. The lowest BCUT2D eigenvalue weighted by molar-refractivity contribution is 0.0827. The zero-order chi connectivity index (χ0) is 11.6. The second-order valence-electron chi connectivity index (χ2n) is 3.17. The SMILES string of the molecule is COc1cc(C(=O)N(C)C)cc(Br)c1Cl. The Bertz CT molecular complexity index is 393. The molecule has 0 heterocycles. The number of benzene rings is 1. The lowest BCUT2D eigenvalue weighted by atomic mass is 10.2. The van der Waals surface area contributed by atoms with Crippen molar-refractivity contribution in [3.05, 3.63) is 27.2 Å². The van der Waals surface area contributed by atoms with Crippen LogP contribution in [0.5, 0.6) is 5.75 Å². The maximum atomic E-state index is 11.7. The summed E-state index contributed by atoms with van der Waals surface area (Å²) in [5.74, 6) is 0.391. The molecular weight excluding hydrogens is 281 g/mol. The van der Waals surface area contributed by atoms with Gasteiger partial charge in [-0.1, -0.05) is 11.6 Å². The highest BCUT2D eigenvalue weighted by Crippen LogP contribution is 2.33. The zero-order valence-corrected chi connectivity index (χ0v) is 11.0. The molecule has 0 aliphatic carbocycles. The van der Waals surface area contributed by atoms with Crippen LogP contribution in [-0.4, -0.2) is 32.0 Å². The number of hydrogen-bond acceptors (Lipinski definition) is 2. The van der Waals surface area contributed by atoms with Gasteiger partial charge in [-0.3, -0.25) is 4.79 Å². The number of halogens is 2. The summed E-state index contributed by atoms with van der Waals surface area (Å²) in [7, 11) is 4.90. The molecule has 0 atom stereocenters. The predicted molar refractivity (Wildman–Crippen MR) is 63.7 cm³/mol. The zero-order valence-electron chi connectivity index (χ0n) is 8.67. The van der Waals surface area contributed by atoms with Crippen LogP contribution in [0.25, 0.3) is 0 Å². The van der Waals surface area contributed by atoms with E-state index < -0.39 is 0 Å². The molecule has 0 N–H and O–H groups in total. The van der Waals surface area contributed by atoms with Gasteiger partial charge in [-0.25, -0.2) is 0 Å². The van der Waals surface area contributed by atoms with Crippen molar-refractivity contribution in [2.75, 3.05) is 21.2 Å². The van der Waals surface area contributed by atoms with Gasteiger partial charge in [0.25, 0.3) is 5.91 Å². The molecule has 0 spiro atoms. The molecule has 1 amide bonds. The van der Waals surface area contributed by atoms with Crippen LogP contribution in [0, 0.1) is 0 Å². The van der Waals surface area contributed by atoms with E-state index >= 15 is 0 Å². The molecule has 0 aliphatic heterocycles. The van der Waals surface area contributed by atoms with E-state index in [9.17, 15) is 4.79 Å². The largest absolute Gasteiger partial charge is 0.495 e. The Hall–Kier alpha value is -0.740. The van der Waals surface area contributed by atoms with Crippen molar-refractivity contribution in [1.29, 1.82) is 0 Å². The fourth-order valence-corrected chi connectivity index (χ4v) is 1.72. The summed E-state index contributed by atoms with van der Waals surface area (Å²) in [5, 5.41) is 0.466. The van der Waals surface area contributed by atoms with E-state index in [1.807, 2.05) is 0 Å². The highest BCUT2D eigenvalue weighted by atomic mass is 79.9. The molecular formula is C10H11BrClNO2. The van der Waals surface area contributed by atoms with Gasteiger partial charge in [0.05, 0.1) is 12.1 Å². The number of rotatable bonds is 2. The number of nitrogens with zero attached hydrogens (tertiary/aromatic N) is 1. The molecule has 0 unspecified atom stereocenters. The minimum absolute atomic E-state index is 0.0920. The first kappa shape index (κ1) is 12.3. The first-order chi connectivity index (χ1) is 6.97. The Kier molecular flexibility index (Phi) is 3.99. The third kappa shape index (κ3) is 2.63. The molecule has 82 valence electrons. The quantitative estimate of drug-likeness (QED) is 0.839. The number of carbonyl (C=O) groups is 1. The van der Waals surface area contributed by atoms with Crippen LogP contribution in [0.1, 0.15) is 10.4 Å². The lowest BCUT2D eigenvalue weighted by Gasteiger charge is -2.12. The minimum Gasteiger partial charge on any atom is -0.495 e. The second-order valence-corrected chi connectivity index (χ2v) is 4.41. The van der Waals surface area contributed by atoms with Crippen molar-refractivity contribution < 1.29 is 9.53 Å². The summed E-state index contributed by atoms with van der Waals surface area (Å²) in [5.41, 5.74) is 0.535. The topological polar surface area (TPSA) is 29.5 Å². The van der Waals surface area contributed by atoms with E-state index in [0.717, 1.165) is 0 Å². The minimum atomic E-state index is -0.0920. The Labute approximate surface area is 102 Å². The van der Waals surface area contributed by atoms with Crippen LogP contribution in [-0.2, 0) is 0 Å². The molecule has 0 fully saturated rings. The van der Waals surface area contributed by atoms with Gasteiger partial charge in [0, 0.05) is 24.1 Å². The molecule has 0 bridgehead atoms. The molecule has 1 aromatic rings. The van der Waals surface area contributed by atoms with Gasteiger partial charge in [0.1, 0.15) is 5.75 Å². The summed E-state index contributed by atoms with van der Waals surface area (Å²) in [6.07, 6.45) is 0. The summed E-state index contributed by atoms with van der Waals surface area (Å²) >= 11 is 9.23. The summed E-state index contributed by atoms with van der Waals surface area (Å²) in [6, 6.07) is 3.29. The van der Waals surface area contributed by atoms with Crippen LogP contribution >= 0.6 is 27.5 Å². The molecule has 0 saturated carbocycles. The number of carbonyl (C=O) groups excluding carboxylic acids is 1. The molecule has 3 nitrogen and oxygen atoms in total. The average molecular weight is 293 g/mol. The van der Waals surface area contributed by atoms with Crippen molar-refractivity contribution >= 4 is 33.4 Å². The number of ether oxygens (including phenoxy) is 1.